The highest BCUT2D eigenvalue weighted by molar-refractivity contribution is 5.83. The van der Waals surface area contributed by atoms with Crippen LogP contribution in [0.5, 0.6) is 11.5 Å². The molecular formula is C20H17FO5. The lowest BCUT2D eigenvalue weighted by Crippen LogP contribution is -2.17. The largest absolute Gasteiger partial charge is 0.482 e. The molecular weight excluding hydrogens is 339 g/mol. The molecule has 134 valence electrons. The summed E-state index contributed by atoms with van der Waals surface area (Å²) in [5, 5.41) is 0.808. The Morgan fingerprint density at radius 3 is 2.73 bits per heavy atom. The third-order valence-electron chi connectivity index (χ3n) is 3.71. The number of carbonyl (C=O) groups excluding carboxylic acids is 1. The van der Waals surface area contributed by atoms with Crippen molar-refractivity contribution in [2.45, 2.75) is 19.8 Å². The molecule has 1 aromatic heterocycles. The zero-order valence-corrected chi connectivity index (χ0v) is 14.2. The fourth-order valence-electron chi connectivity index (χ4n) is 2.61. The first kappa shape index (κ1) is 17.7. The maximum absolute atomic E-state index is 13.1. The minimum absolute atomic E-state index is 0.232. The Bertz CT molecular complexity index is 993. The second-order valence-electron chi connectivity index (χ2n) is 5.72. The summed E-state index contributed by atoms with van der Waals surface area (Å²) in [7, 11) is 0. The zero-order valence-electron chi connectivity index (χ0n) is 14.2. The van der Waals surface area contributed by atoms with E-state index < -0.39 is 17.4 Å². The predicted molar refractivity (Wildman–Crippen MR) is 94.0 cm³/mol. The number of benzene rings is 2. The van der Waals surface area contributed by atoms with Gasteiger partial charge in [-0.3, -0.25) is 0 Å². The number of hydrogen-bond acceptors (Lipinski definition) is 5. The van der Waals surface area contributed by atoms with Crippen LogP contribution in [0.2, 0.25) is 0 Å². The summed E-state index contributed by atoms with van der Waals surface area (Å²) in [5.74, 6) is -0.637. The Labute approximate surface area is 149 Å². The molecule has 6 heteroatoms. The summed E-state index contributed by atoms with van der Waals surface area (Å²) < 4.78 is 28.7. The molecule has 26 heavy (non-hydrogen) atoms. The fraction of sp³-hybridized carbons (Fsp3) is 0.200. The average Bonchev–Trinajstić information content (AvgIpc) is 2.60. The number of ether oxygens (including phenoxy) is 2. The lowest BCUT2D eigenvalue weighted by molar-refractivity contribution is -0.136. The molecule has 3 aromatic rings. The molecule has 0 spiro atoms. The van der Waals surface area contributed by atoms with Gasteiger partial charge in [0.2, 0.25) is 0 Å². The molecule has 5 nitrogen and oxygen atoms in total. The summed E-state index contributed by atoms with van der Waals surface area (Å²) in [6.07, 6.45) is 1.65. The van der Waals surface area contributed by atoms with Crippen LogP contribution >= 0.6 is 0 Å². The van der Waals surface area contributed by atoms with Crippen molar-refractivity contribution in [2.75, 3.05) is 6.61 Å². The van der Waals surface area contributed by atoms with E-state index in [1.807, 2.05) is 6.92 Å². The van der Waals surface area contributed by atoms with Crippen LogP contribution in [-0.4, -0.2) is 12.6 Å². The van der Waals surface area contributed by atoms with Crippen LogP contribution in [0.3, 0.4) is 0 Å². The van der Waals surface area contributed by atoms with Crippen molar-refractivity contribution >= 4 is 16.9 Å². The van der Waals surface area contributed by atoms with Crippen LogP contribution in [-0.2, 0) is 11.2 Å². The molecule has 2 aromatic carbocycles. The Hall–Kier alpha value is -3.15. The lowest BCUT2D eigenvalue weighted by atomic mass is 10.1. The van der Waals surface area contributed by atoms with E-state index in [1.165, 1.54) is 36.4 Å². The molecule has 1 heterocycles. The molecule has 0 fully saturated rings. The average molecular weight is 356 g/mol. The van der Waals surface area contributed by atoms with Crippen LogP contribution in [0.25, 0.3) is 11.0 Å². The van der Waals surface area contributed by atoms with Crippen LogP contribution in [0, 0.1) is 5.82 Å². The molecule has 0 bridgehead atoms. The summed E-state index contributed by atoms with van der Waals surface area (Å²) in [6.45, 7) is 1.65. The molecule has 0 aliphatic rings. The molecule has 0 N–H and O–H groups in total. The zero-order chi connectivity index (χ0) is 18.5. The maximum Gasteiger partial charge on any atom is 0.349 e. The van der Waals surface area contributed by atoms with Gasteiger partial charge in [-0.05, 0) is 36.2 Å². The van der Waals surface area contributed by atoms with E-state index in [-0.39, 0.29) is 18.1 Å². The summed E-state index contributed by atoms with van der Waals surface area (Å²) in [6, 6.07) is 11.8. The molecule has 0 atom stereocenters. The Morgan fingerprint density at radius 1 is 1.12 bits per heavy atom. The monoisotopic (exact) mass is 356 g/mol. The number of carbonyl (C=O) groups is 1. The number of esters is 1. The third-order valence-corrected chi connectivity index (χ3v) is 3.71. The van der Waals surface area contributed by atoms with Crippen LogP contribution in [0.1, 0.15) is 18.9 Å². The van der Waals surface area contributed by atoms with Crippen LogP contribution in [0.15, 0.2) is 57.7 Å². The highest BCUT2D eigenvalue weighted by Crippen LogP contribution is 2.23. The van der Waals surface area contributed by atoms with E-state index >= 15 is 0 Å². The summed E-state index contributed by atoms with van der Waals surface area (Å²) >= 11 is 0. The van der Waals surface area contributed by atoms with Crippen molar-refractivity contribution in [1.29, 1.82) is 0 Å². The lowest BCUT2D eigenvalue weighted by Gasteiger charge is -2.08. The van der Waals surface area contributed by atoms with Gasteiger partial charge in [0, 0.05) is 23.6 Å². The number of hydrogen-bond donors (Lipinski definition) is 0. The van der Waals surface area contributed by atoms with E-state index in [0.717, 1.165) is 23.8 Å². The van der Waals surface area contributed by atoms with Crippen LogP contribution < -0.4 is 15.1 Å². The number of aryl methyl sites for hydroxylation is 1. The van der Waals surface area contributed by atoms with Gasteiger partial charge in [-0.1, -0.05) is 19.4 Å². The van der Waals surface area contributed by atoms with Gasteiger partial charge in [0.1, 0.15) is 22.9 Å². The molecule has 0 radical (unpaired) electrons. The van der Waals surface area contributed by atoms with Gasteiger partial charge >= 0.3 is 11.6 Å². The van der Waals surface area contributed by atoms with Gasteiger partial charge in [-0.2, -0.15) is 0 Å². The fourth-order valence-corrected chi connectivity index (χ4v) is 2.61. The predicted octanol–water partition coefficient (Wildman–Crippen LogP) is 3.87. The van der Waals surface area contributed by atoms with Crippen molar-refractivity contribution in [3.8, 4) is 11.5 Å². The number of halogens is 1. The Morgan fingerprint density at radius 2 is 1.96 bits per heavy atom. The van der Waals surface area contributed by atoms with Gasteiger partial charge in [-0.15, -0.1) is 0 Å². The second kappa shape index (κ2) is 7.82. The summed E-state index contributed by atoms with van der Waals surface area (Å²) in [5.41, 5.74) is 0.808. The van der Waals surface area contributed by atoms with Gasteiger partial charge in [0.25, 0.3) is 0 Å². The SMILES string of the molecule is CCCc1cc(=O)oc2cc(OC(=O)COc3cccc(F)c3)ccc12. The van der Waals surface area contributed by atoms with E-state index in [4.69, 9.17) is 13.9 Å². The van der Waals surface area contributed by atoms with E-state index in [2.05, 4.69) is 0 Å². The van der Waals surface area contributed by atoms with Crippen molar-refractivity contribution in [1.82, 2.24) is 0 Å². The first-order valence-corrected chi connectivity index (χ1v) is 8.21. The van der Waals surface area contributed by atoms with Gasteiger partial charge in [0.05, 0.1) is 0 Å². The van der Waals surface area contributed by atoms with E-state index in [0.29, 0.717) is 5.58 Å². The molecule has 0 aliphatic carbocycles. The highest BCUT2D eigenvalue weighted by atomic mass is 19.1. The van der Waals surface area contributed by atoms with Gasteiger partial charge in [0.15, 0.2) is 6.61 Å². The van der Waals surface area contributed by atoms with Crippen molar-refractivity contribution in [2.24, 2.45) is 0 Å². The maximum atomic E-state index is 13.1. The number of fused-ring (bicyclic) bond motifs is 1. The molecule has 3 rings (SSSR count). The Balaban J connectivity index is 1.72. The summed E-state index contributed by atoms with van der Waals surface area (Å²) in [4.78, 5) is 23.6. The molecule has 0 saturated carbocycles. The second-order valence-corrected chi connectivity index (χ2v) is 5.72. The van der Waals surface area contributed by atoms with Gasteiger partial charge < -0.3 is 13.9 Å². The Kier molecular flexibility index (Phi) is 5.31. The quantitative estimate of drug-likeness (QED) is 0.381. The smallest absolute Gasteiger partial charge is 0.349 e. The van der Waals surface area contributed by atoms with Crippen molar-refractivity contribution < 1.29 is 23.1 Å². The van der Waals surface area contributed by atoms with Crippen molar-refractivity contribution in [3.63, 3.8) is 0 Å². The van der Waals surface area contributed by atoms with E-state index in [9.17, 15) is 14.0 Å². The molecule has 0 aliphatic heterocycles. The highest BCUT2D eigenvalue weighted by Gasteiger charge is 2.10. The molecule has 0 saturated heterocycles. The first-order chi connectivity index (χ1) is 12.5. The standard InChI is InChI=1S/C20H17FO5/c1-2-4-13-9-19(22)26-18-11-16(7-8-17(13)18)25-20(23)12-24-15-6-3-5-14(21)10-15/h3,5-11H,2,4,12H2,1H3. The topological polar surface area (TPSA) is 65.7 Å². The normalized spacial score (nSPS) is 10.7. The minimum atomic E-state index is -0.652. The molecule has 0 unspecified atom stereocenters. The van der Waals surface area contributed by atoms with Crippen molar-refractivity contribution in [3.05, 3.63) is 70.3 Å². The van der Waals surface area contributed by atoms with E-state index in [1.54, 1.807) is 12.1 Å². The number of rotatable bonds is 6. The minimum Gasteiger partial charge on any atom is -0.482 e. The first-order valence-electron chi connectivity index (χ1n) is 8.21. The van der Waals surface area contributed by atoms with Crippen LogP contribution in [0.4, 0.5) is 4.39 Å². The van der Waals surface area contributed by atoms with Gasteiger partial charge in [-0.25, -0.2) is 14.0 Å². The third kappa shape index (κ3) is 4.27. The molecule has 0 amide bonds.